The maximum Gasteiger partial charge on any atom is 0.336 e. The fourth-order valence-corrected chi connectivity index (χ4v) is 1.87. The Labute approximate surface area is 127 Å². The molecule has 8 heteroatoms. The average Bonchev–Trinajstić information content (AvgIpc) is 2.44. The molecule has 22 heavy (non-hydrogen) atoms. The molecule has 4 N–H and O–H groups in total. The van der Waals surface area contributed by atoms with Gasteiger partial charge in [0.2, 0.25) is 11.8 Å². The van der Waals surface area contributed by atoms with Crippen LogP contribution < -0.4 is 16.4 Å². The fourth-order valence-electron chi connectivity index (χ4n) is 1.87. The van der Waals surface area contributed by atoms with Crippen molar-refractivity contribution in [3.8, 4) is 0 Å². The van der Waals surface area contributed by atoms with Crippen molar-refractivity contribution in [3.63, 3.8) is 0 Å². The maximum absolute atomic E-state index is 11.1. The van der Waals surface area contributed by atoms with Gasteiger partial charge in [-0.05, 0) is 23.8 Å². The Kier molecular flexibility index (Phi) is 4.21. The van der Waals surface area contributed by atoms with Gasteiger partial charge in [0.1, 0.15) is 5.69 Å². The van der Waals surface area contributed by atoms with Crippen molar-refractivity contribution in [1.29, 1.82) is 0 Å². The van der Waals surface area contributed by atoms with Crippen LogP contribution in [0.5, 0.6) is 0 Å². The summed E-state index contributed by atoms with van der Waals surface area (Å²) >= 11 is 0. The Morgan fingerprint density at radius 3 is 2.32 bits per heavy atom. The molecule has 114 valence electrons. The zero-order valence-corrected chi connectivity index (χ0v) is 12.2. The van der Waals surface area contributed by atoms with Crippen molar-refractivity contribution >= 4 is 35.3 Å². The topological polar surface area (TPSA) is 124 Å². The lowest BCUT2D eigenvalue weighted by atomic mass is 10.1. The molecule has 0 unspecified atom stereocenters. The van der Waals surface area contributed by atoms with Crippen molar-refractivity contribution in [2.24, 2.45) is 0 Å². The van der Waals surface area contributed by atoms with Crippen LogP contribution in [0.15, 0.2) is 24.3 Å². The molecular weight excluding hydrogens is 284 g/mol. The van der Waals surface area contributed by atoms with Gasteiger partial charge in [-0.3, -0.25) is 10.1 Å². The van der Waals surface area contributed by atoms with Gasteiger partial charge in [0.25, 0.3) is 0 Å². The van der Waals surface area contributed by atoms with Gasteiger partial charge in [-0.15, -0.1) is 0 Å². The number of anilines is 3. The van der Waals surface area contributed by atoms with Crippen molar-refractivity contribution < 1.29 is 4.92 Å². The average molecular weight is 300 g/mol. The first-order valence-corrected chi connectivity index (χ1v) is 6.41. The van der Waals surface area contributed by atoms with E-state index < -0.39 is 4.92 Å². The summed E-state index contributed by atoms with van der Waals surface area (Å²) in [5.74, 6) is -0.356. The SMILES string of the molecule is CN(C)c1ccc(C=Cc2nc(N)nc(N)c2[N+](=O)[O-])cc1. The third kappa shape index (κ3) is 3.29. The highest BCUT2D eigenvalue weighted by Gasteiger charge is 2.20. The van der Waals surface area contributed by atoms with Crippen molar-refractivity contribution in [3.05, 3.63) is 45.6 Å². The van der Waals surface area contributed by atoms with Crippen molar-refractivity contribution in [2.75, 3.05) is 30.5 Å². The highest BCUT2D eigenvalue weighted by Crippen LogP contribution is 2.25. The van der Waals surface area contributed by atoms with E-state index in [0.29, 0.717) is 0 Å². The maximum atomic E-state index is 11.1. The predicted molar refractivity (Wildman–Crippen MR) is 87.2 cm³/mol. The van der Waals surface area contributed by atoms with Gasteiger partial charge in [-0.25, -0.2) is 4.98 Å². The quantitative estimate of drug-likeness (QED) is 0.651. The monoisotopic (exact) mass is 300 g/mol. The van der Waals surface area contributed by atoms with E-state index in [0.717, 1.165) is 11.3 Å². The first kappa shape index (κ1) is 15.2. The van der Waals surface area contributed by atoms with E-state index >= 15 is 0 Å². The highest BCUT2D eigenvalue weighted by atomic mass is 16.6. The molecule has 1 aromatic heterocycles. The molecule has 0 aliphatic heterocycles. The lowest BCUT2D eigenvalue weighted by molar-refractivity contribution is -0.384. The summed E-state index contributed by atoms with van der Waals surface area (Å²) in [5.41, 5.74) is 12.7. The number of nitro groups is 1. The number of nitrogens with zero attached hydrogens (tertiary/aromatic N) is 4. The first-order chi connectivity index (χ1) is 10.4. The van der Waals surface area contributed by atoms with Gasteiger partial charge in [0, 0.05) is 19.8 Å². The first-order valence-electron chi connectivity index (χ1n) is 6.41. The molecule has 8 nitrogen and oxygen atoms in total. The molecule has 0 spiro atoms. The molecule has 0 aliphatic rings. The zero-order valence-electron chi connectivity index (χ0n) is 12.2. The molecule has 1 aromatic carbocycles. The normalized spacial score (nSPS) is 10.8. The zero-order chi connectivity index (χ0) is 16.3. The van der Waals surface area contributed by atoms with Crippen molar-refractivity contribution in [1.82, 2.24) is 9.97 Å². The molecule has 0 amide bonds. The van der Waals surface area contributed by atoms with Gasteiger partial charge in [0.05, 0.1) is 4.92 Å². The summed E-state index contributed by atoms with van der Waals surface area (Å²) in [5, 5.41) is 11.1. The van der Waals surface area contributed by atoms with E-state index in [9.17, 15) is 10.1 Å². The minimum absolute atomic E-state index is 0.0756. The molecule has 0 saturated carbocycles. The Hall–Kier alpha value is -3.16. The number of hydrogen-bond acceptors (Lipinski definition) is 7. The molecule has 0 fully saturated rings. The van der Waals surface area contributed by atoms with E-state index in [-0.39, 0.29) is 23.1 Å². The van der Waals surface area contributed by atoms with Crippen LogP contribution in [0.1, 0.15) is 11.3 Å². The third-order valence-electron chi connectivity index (χ3n) is 2.98. The standard InChI is InChI=1S/C14H16N6O2/c1-19(2)10-6-3-9(4-7-10)5-8-11-12(20(21)22)13(15)18-14(16)17-11/h3-8H,1-2H3,(H4,15,16,17,18). The van der Waals surface area contributed by atoms with Gasteiger partial charge >= 0.3 is 5.69 Å². The third-order valence-corrected chi connectivity index (χ3v) is 2.98. The van der Waals surface area contributed by atoms with Crippen LogP contribution in [0.3, 0.4) is 0 Å². The highest BCUT2D eigenvalue weighted by molar-refractivity contribution is 5.76. The second-order valence-electron chi connectivity index (χ2n) is 4.78. The summed E-state index contributed by atoms with van der Waals surface area (Å²) in [6, 6.07) is 7.67. The second kappa shape index (κ2) is 6.08. The van der Waals surface area contributed by atoms with Gasteiger partial charge in [0.15, 0.2) is 0 Å². The van der Waals surface area contributed by atoms with E-state index in [1.807, 2.05) is 43.3 Å². The van der Waals surface area contributed by atoms with Gasteiger partial charge in [-0.1, -0.05) is 18.2 Å². The molecule has 0 bridgehead atoms. The summed E-state index contributed by atoms with van der Waals surface area (Å²) in [4.78, 5) is 19.9. The van der Waals surface area contributed by atoms with Crippen LogP contribution in [-0.2, 0) is 0 Å². The van der Waals surface area contributed by atoms with E-state index in [2.05, 4.69) is 9.97 Å². The number of aromatic nitrogens is 2. The molecule has 0 aliphatic carbocycles. The number of nitrogens with two attached hydrogens (primary N) is 2. The molecule has 1 heterocycles. The number of nitrogen functional groups attached to an aromatic ring is 2. The molecule has 2 rings (SSSR count). The number of rotatable bonds is 4. The Balaban J connectivity index is 2.35. The van der Waals surface area contributed by atoms with Crippen LogP contribution in [0.2, 0.25) is 0 Å². The van der Waals surface area contributed by atoms with Crippen LogP contribution in [0.4, 0.5) is 23.1 Å². The molecule has 0 radical (unpaired) electrons. The molecule has 0 atom stereocenters. The number of benzene rings is 1. The summed E-state index contributed by atoms with van der Waals surface area (Å²) in [7, 11) is 3.89. The molecule has 2 aromatic rings. The Bertz CT molecular complexity index is 725. The summed E-state index contributed by atoms with van der Waals surface area (Å²) in [6.07, 6.45) is 3.20. The van der Waals surface area contributed by atoms with Crippen LogP contribution in [0.25, 0.3) is 12.2 Å². The summed E-state index contributed by atoms with van der Waals surface area (Å²) in [6.45, 7) is 0. The largest absolute Gasteiger partial charge is 0.378 e. The Morgan fingerprint density at radius 2 is 1.77 bits per heavy atom. The predicted octanol–water partition coefficient (Wildman–Crippen LogP) is 1.79. The van der Waals surface area contributed by atoms with Gasteiger partial charge < -0.3 is 16.4 Å². The molecular formula is C14H16N6O2. The Morgan fingerprint density at radius 1 is 1.14 bits per heavy atom. The summed E-state index contributed by atoms with van der Waals surface area (Å²) < 4.78 is 0. The van der Waals surface area contributed by atoms with Crippen LogP contribution in [0, 0.1) is 10.1 Å². The minimum atomic E-state index is -0.621. The van der Waals surface area contributed by atoms with E-state index in [1.165, 1.54) is 6.08 Å². The lowest BCUT2D eigenvalue weighted by Gasteiger charge is -2.11. The molecule has 0 saturated heterocycles. The van der Waals surface area contributed by atoms with Gasteiger partial charge in [-0.2, -0.15) is 4.98 Å². The van der Waals surface area contributed by atoms with Crippen LogP contribution in [-0.4, -0.2) is 29.0 Å². The minimum Gasteiger partial charge on any atom is -0.378 e. The lowest BCUT2D eigenvalue weighted by Crippen LogP contribution is -2.07. The van der Waals surface area contributed by atoms with Crippen LogP contribution >= 0.6 is 0 Å². The van der Waals surface area contributed by atoms with Crippen molar-refractivity contribution in [2.45, 2.75) is 0 Å². The second-order valence-corrected chi connectivity index (χ2v) is 4.78. The number of hydrogen-bond donors (Lipinski definition) is 2. The fraction of sp³-hybridized carbons (Fsp3) is 0.143. The smallest absolute Gasteiger partial charge is 0.336 e. The van der Waals surface area contributed by atoms with E-state index in [1.54, 1.807) is 6.08 Å². The van der Waals surface area contributed by atoms with E-state index in [4.69, 9.17) is 11.5 Å².